The lowest BCUT2D eigenvalue weighted by molar-refractivity contribution is 0.876. The van der Waals surface area contributed by atoms with Gasteiger partial charge in [0, 0.05) is 11.3 Å². The highest BCUT2D eigenvalue weighted by Crippen LogP contribution is 2.30. The fraction of sp³-hybridized carbons (Fsp3) is 0.0769. The van der Waals surface area contributed by atoms with Gasteiger partial charge in [0.2, 0.25) is 0 Å². The van der Waals surface area contributed by atoms with Crippen LogP contribution in [0.3, 0.4) is 0 Å². The molecule has 2 aromatic rings. The first-order valence-electron chi connectivity index (χ1n) is 5.34. The molecular formula is C13H16N4. The van der Waals surface area contributed by atoms with Crippen LogP contribution in [0.4, 0.5) is 17.1 Å². The number of anilines is 3. The standard InChI is InChI=1S/C13H16N4/c14-9-6-10(13(17)11(15)7-9)12(16)8-4-2-1-3-5-8/h1-7,12H,14-17H2. The molecule has 2 rings (SSSR count). The first-order chi connectivity index (χ1) is 8.09. The smallest absolute Gasteiger partial charge is 0.0601 e. The van der Waals surface area contributed by atoms with Gasteiger partial charge in [-0.25, -0.2) is 0 Å². The maximum atomic E-state index is 6.16. The van der Waals surface area contributed by atoms with Crippen molar-refractivity contribution in [2.75, 3.05) is 17.2 Å². The van der Waals surface area contributed by atoms with Crippen LogP contribution in [0.1, 0.15) is 17.2 Å². The van der Waals surface area contributed by atoms with Crippen molar-refractivity contribution >= 4 is 17.1 Å². The van der Waals surface area contributed by atoms with Gasteiger partial charge in [-0.05, 0) is 17.7 Å². The maximum Gasteiger partial charge on any atom is 0.0601 e. The van der Waals surface area contributed by atoms with Crippen molar-refractivity contribution in [2.24, 2.45) is 5.73 Å². The quantitative estimate of drug-likeness (QED) is 0.584. The number of rotatable bonds is 2. The molecule has 2 aromatic carbocycles. The van der Waals surface area contributed by atoms with Gasteiger partial charge in [0.1, 0.15) is 0 Å². The Hall–Kier alpha value is -2.20. The fourth-order valence-electron chi connectivity index (χ4n) is 1.82. The van der Waals surface area contributed by atoms with Crippen molar-refractivity contribution < 1.29 is 0 Å². The van der Waals surface area contributed by atoms with E-state index in [2.05, 4.69) is 0 Å². The van der Waals surface area contributed by atoms with Crippen molar-refractivity contribution in [1.82, 2.24) is 0 Å². The van der Waals surface area contributed by atoms with E-state index in [0.717, 1.165) is 11.1 Å². The minimum atomic E-state index is -0.318. The lowest BCUT2D eigenvalue weighted by atomic mass is 9.97. The zero-order valence-corrected chi connectivity index (χ0v) is 9.43. The third-order valence-electron chi connectivity index (χ3n) is 2.76. The molecule has 0 aliphatic rings. The van der Waals surface area contributed by atoms with E-state index in [1.54, 1.807) is 12.1 Å². The van der Waals surface area contributed by atoms with Crippen molar-refractivity contribution in [3.63, 3.8) is 0 Å². The molecule has 0 saturated carbocycles. The SMILES string of the molecule is Nc1cc(N)c(N)c(C(N)c2ccccc2)c1. The molecule has 0 aliphatic heterocycles. The second-order valence-corrected chi connectivity index (χ2v) is 4.00. The Morgan fingerprint density at radius 2 is 1.53 bits per heavy atom. The van der Waals surface area contributed by atoms with Gasteiger partial charge in [-0.3, -0.25) is 0 Å². The van der Waals surface area contributed by atoms with E-state index >= 15 is 0 Å². The van der Waals surface area contributed by atoms with Crippen molar-refractivity contribution in [3.05, 3.63) is 53.6 Å². The summed E-state index contributed by atoms with van der Waals surface area (Å²) in [6.07, 6.45) is 0. The third kappa shape index (κ3) is 2.16. The summed E-state index contributed by atoms with van der Waals surface area (Å²) in [6.45, 7) is 0. The molecule has 17 heavy (non-hydrogen) atoms. The number of nitrogen functional groups attached to an aromatic ring is 3. The van der Waals surface area contributed by atoms with Gasteiger partial charge >= 0.3 is 0 Å². The Bertz CT molecular complexity index is 522. The van der Waals surface area contributed by atoms with Gasteiger partial charge in [-0.2, -0.15) is 0 Å². The van der Waals surface area contributed by atoms with E-state index in [0.29, 0.717) is 17.1 Å². The van der Waals surface area contributed by atoms with Gasteiger partial charge in [-0.1, -0.05) is 30.3 Å². The fourth-order valence-corrected chi connectivity index (χ4v) is 1.82. The highest BCUT2D eigenvalue weighted by molar-refractivity contribution is 5.73. The molecule has 4 heteroatoms. The molecule has 0 fully saturated rings. The Balaban J connectivity index is 2.48. The zero-order chi connectivity index (χ0) is 12.4. The molecule has 0 aliphatic carbocycles. The molecule has 0 bridgehead atoms. The summed E-state index contributed by atoms with van der Waals surface area (Å²) in [4.78, 5) is 0. The van der Waals surface area contributed by atoms with Crippen LogP contribution in [0.15, 0.2) is 42.5 Å². The molecule has 1 unspecified atom stereocenters. The molecule has 0 radical (unpaired) electrons. The average molecular weight is 228 g/mol. The number of hydrogen-bond acceptors (Lipinski definition) is 4. The molecule has 0 heterocycles. The highest BCUT2D eigenvalue weighted by Gasteiger charge is 2.14. The summed E-state index contributed by atoms with van der Waals surface area (Å²) in [5.74, 6) is 0. The second-order valence-electron chi connectivity index (χ2n) is 4.00. The summed E-state index contributed by atoms with van der Waals surface area (Å²) in [7, 11) is 0. The minimum Gasteiger partial charge on any atom is -0.399 e. The van der Waals surface area contributed by atoms with E-state index in [1.165, 1.54) is 0 Å². The molecule has 0 spiro atoms. The topological polar surface area (TPSA) is 104 Å². The van der Waals surface area contributed by atoms with E-state index in [1.807, 2.05) is 30.3 Å². The summed E-state index contributed by atoms with van der Waals surface area (Å²) in [5.41, 5.74) is 26.9. The predicted octanol–water partition coefficient (Wildman–Crippen LogP) is 1.48. The van der Waals surface area contributed by atoms with Crippen LogP contribution in [-0.2, 0) is 0 Å². The normalized spacial score (nSPS) is 12.3. The molecule has 88 valence electrons. The van der Waals surface area contributed by atoms with Crippen LogP contribution in [0.25, 0.3) is 0 Å². The first kappa shape index (κ1) is 11.3. The van der Waals surface area contributed by atoms with Gasteiger partial charge in [0.05, 0.1) is 17.4 Å². The van der Waals surface area contributed by atoms with Gasteiger partial charge in [-0.15, -0.1) is 0 Å². The largest absolute Gasteiger partial charge is 0.399 e. The van der Waals surface area contributed by atoms with Crippen LogP contribution in [0.5, 0.6) is 0 Å². The molecule has 0 saturated heterocycles. The van der Waals surface area contributed by atoms with Crippen LogP contribution >= 0.6 is 0 Å². The number of nitrogens with two attached hydrogens (primary N) is 4. The lowest BCUT2D eigenvalue weighted by Gasteiger charge is -2.17. The van der Waals surface area contributed by atoms with Crippen LogP contribution in [0, 0.1) is 0 Å². The molecule has 1 atom stereocenters. The molecule has 0 amide bonds. The molecule has 0 aromatic heterocycles. The summed E-state index contributed by atoms with van der Waals surface area (Å²) < 4.78 is 0. The Labute approximate surface area is 100 Å². The van der Waals surface area contributed by atoms with Gasteiger partial charge in [0.15, 0.2) is 0 Å². The summed E-state index contributed by atoms with van der Waals surface area (Å²) in [6, 6.07) is 12.8. The van der Waals surface area contributed by atoms with E-state index < -0.39 is 0 Å². The zero-order valence-electron chi connectivity index (χ0n) is 9.43. The Morgan fingerprint density at radius 3 is 2.18 bits per heavy atom. The summed E-state index contributed by atoms with van der Waals surface area (Å²) >= 11 is 0. The number of hydrogen-bond donors (Lipinski definition) is 4. The van der Waals surface area contributed by atoms with Crippen molar-refractivity contribution in [1.29, 1.82) is 0 Å². The second kappa shape index (κ2) is 4.35. The highest BCUT2D eigenvalue weighted by atomic mass is 14.7. The predicted molar refractivity (Wildman–Crippen MR) is 72.2 cm³/mol. The van der Waals surface area contributed by atoms with Crippen LogP contribution in [0.2, 0.25) is 0 Å². The van der Waals surface area contributed by atoms with Crippen LogP contribution < -0.4 is 22.9 Å². The van der Waals surface area contributed by atoms with E-state index in [4.69, 9.17) is 22.9 Å². The Kier molecular flexibility index (Phi) is 2.89. The van der Waals surface area contributed by atoms with E-state index in [-0.39, 0.29) is 6.04 Å². The van der Waals surface area contributed by atoms with E-state index in [9.17, 15) is 0 Å². The Morgan fingerprint density at radius 1 is 0.882 bits per heavy atom. The first-order valence-corrected chi connectivity index (χ1v) is 5.34. The molecule has 8 N–H and O–H groups in total. The summed E-state index contributed by atoms with van der Waals surface area (Å²) in [5, 5.41) is 0. The molecule has 4 nitrogen and oxygen atoms in total. The van der Waals surface area contributed by atoms with Crippen molar-refractivity contribution in [3.8, 4) is 0 Å². The van der Waals surface area contributed by atoms with Crippen molar-refractivity contribution in [2.45, 2.75) is 6.04 Å². The van der Waals surface area contributed by atoms with Gasteiger partial charge < -0.3 is 22.9 Å². The van der Waals surface area contributed by atoms with Crippen LogP contribution in [-0.4, -0.2) is 0 Å². The molecular weight excluding hydrogens is 212 g/mol. The monoisotopic (exact) mass is 228 g/mol. The lowest BCUT2D eigenvalue weighted by Crippen LogP contribution is -2.15. The third-order valence-corrected chi connectivity index (χ3v) is 2.76. The maximum absolute atomic E-state index is 6.16. The number of benzene rings is 2. The average Bonchev–Trinajstić information content (AvgIpc) is 2.34. The minimum absolute atomic E-state index is 0.318. The van der Waals surface area contributed by atoms with Gasteiger partial charge in [0.25, 0.3) is 0 Å².